The number of hydrogen-bond donors (Lipinski definition) is 2. The molecule has 2 rings (SSSR count). The zero-order valence-electron chi connectivity index (χ0n) is 11.3. The lowest BCUT2D eigenvalue weighted by Crippen LogP contribution is -2.17. The quantitative estimate of drug-likeness (QED) is 0.913. The van der Waals surface area contributed by atoms with Crippen LogP contribution in [0, 0.1) is 0 Å². The van der Waals surface area contributed by atoms with Gasteiger partial charge in [0.2, 0.25) is 0 Å². The van der Waals surface area contributed by atoms with Gasteiger partial charge in [0.1, 0.15) is 4.88 Å². The lowest BCUT2D eigenvalue weighted by molar-refractivity contribution is 0.0968. The Bertz CT molecular complexity index is 609. The van der Waals surface area contributed by atoms with Crippen molar-refractivity contribution in [1.29, 1.82) is 0 Å². The number of nitrogens with one attached hydrogen (secondary N) is 1. The van der Waals surface area contributed by atoms with E-state index >= 15 is 0 Å². The number of hydrogen-bond acceptors (Lipinski definition) is 4. The third-order valence-electron chi connectivity index (χ3n) is 2.89. The van der Waals surface area contributed by atoms with Crippen LogP contribution in [0.3, 0.4) is 0 Å². The van der Waals surface area contributed by atoms with Gasteiger partial charge < -0.3 is 16.0 Å². The summed E-state index contributed by atoms with van der Waals surface area (Å²) in [4.78, 5) is 14.3. The minimum absolute atomic E-state index is 0.154. The van der Waals surface area contributed by atoms with E-state index in [2.05, 4.69) is 10.2 Å². The normalized spacial score (nSPS) is 10.3. The monoisotopic (exact) mass is 309 g/mol. The predicted octanol–water partition coefficient (Wildman–Crippen LogP) is 2.98. The molecule has 0 fully saturated rings. The second kappa shape index (κ2) is 6.15. The molecule has 0 aliphatic carbocycles. The number of thiophene rings is 1. The van der Waals surface area contributed by atoms with Crippen LogP contribution >= 0.6 is 22.9 Å². The van der Waals surface area contributed by atoms with Crippen LogP contribution in [0.1, 0.15) is 15.2 Å². The van der Waals surface area contributed by atoms with Crippen LogP contribution in [0.25, 0.3) is 0 Å². The van der Waals surface area contributed by atoms with Crippen LogP contribution in [-0.2, 0) is 6.54 Å². The number of nitrogen functional groups attached to an aromatic ring is 1. The fourth-order valence-corrected chi connectivity index (χ4v) is 2.93. The Morgan fingerprint density at radius 3 is 2.65 bits per heavy atom. The first-order valence-electron chi connectivity index (χ1n) is 6.08. The highest BCUT2D eigenvalue weighted by Crippen LogP contribution is 2.32. The second-order valence-corrected chi connectivity index (χ2v) is 5.90. The predicted molar refractivity (Wildman–Crippen MR) is 85.7 cm³/mol. The maximum absolute atomic E-state index is 11.7. The van der Waals surface area contributed by atoms with Gasteiger partial charge in [-0.25, -0.2) is 0 Å². The molecule has 0 spiro atoms. The highest BCUT2D eigenvalue weighted by Gasteiger charge is 2.15. The molecule has 0 aliphatic heterocycles. The first-order chi connectivity index (χ1) is 9.51. The van der Waals surface area contributed by atoms with Gasteiger partial charge >= 0.3 is 0 Å². The largest absolute Gasteiger partial charge is 0.397 e. The van der Waals surface area contributed by atoms with E-state index in [0.29, 0.717) is 10.6 Å². The molecule has 0 bridgehead atoms. The molecule has 0 radical (unpaired) electrons. The van der Waals surface area contributed by atoms with Gasteiger partial charge in [-0.05, 0) is 23.8 Å². The van der Waals surface area contributed by atoms with Crippen molar-refractivity contribution < 1.29 is 4.79 Å². The van der Waals surface area contributed by atoms with Gasteiger partial charge in [0.15, 0.2) is 0 Å². The summed E-state index contributed by atoms with van der Waals surface area (Å²) in [6.45, 7) is 0.726. The maximum Gasteiger partial charge on any atom is 0.263 e. The lowest BCUT2D eigenvalue weighted by atomic mass is 10.2. The molecule has 2 aromatic rings. The molecule has 0 atom stereocenters. The average Bonchev–Trinajstić information content (AvgIpc) is 2.82. The van der Waals surface area contributed by atoms with Crippen LogP contribution in [0.5, 0.6) is 0 Å². The number of nitrogens with two attached hydrogens (primary N) is 1. The molecule has 6 heteroatoms. The van der Waals surface area contributed by atoms with E-state index in [0.717, 1.165) is 22.1 Å². The van der Waals surface area contributed by atoms with Gasteiger partial charge in [-0.1, -0.05) is 23.7 Å². The van der Waals surface area contributed by atoms with Gasteiger partial charge in [0.25, 0.3) is 5.91 Å². The van der Waals surface area contributed by atoms with Crippen LogP contribution in [0.2, 0.25) is 5.02 Å². The van der Waals surface area contributed by atoms with Crippen molar-refractivity contribution in [2.75, 3.05) is 24.7 Å². The molecule has 106 valence electrons. The lowest BCUT2D eigenvalue weighted by Gasteiger charge is -2.16. The van der Waals surface area contributed by atoms with Crippen LogP contribution in [-0.4, -0.2) is 20.0 Å². The highest BCUT2D eigenvalue weighted by molar-refractivity contribution is 7.18. The minimum Gasteiger partial charge on any atom is -0.397 e. The first kappa shape index (κ1) is 14.7. The number of amides is 1. The fraction of sp³-hybridized carbons (Fsp3) is 0.214. The molecule has 20 heavy (non-hydrogen) atoms. The molecule has 1 aromatic carbocycles. The Balaban J connectivity index is 2.15. The van der Waals surface area contributed by atoms with Gasteiger partial charge in [-0.15, -0.1) is 11.3 Å². The van der Waals surface area contributed by atoms with Crippen molar-refractivity contribution >= 4 is 39.5 Å². The third-order valence-corrected chi connectivity index (χ3v) is 4.41. The smallest absolute Gasteiger partial charge is 0.263 e. The summed E-state index contributed by atoms with van der Waals surface area (Å²) in [5, 5.41) is 4.26. The number of nitrogens with zero attached hydrogens (tertiary/aromatic N) is 1. The van der Waals surface area contributed by atoms with E-state index in [1.54, 1.807) is 7.05 Å². The number of rotatable bonds is 4. The molecule has 3 N–H and O–H groups in total. The van der Waals surface area contributed by atoms with Gasteiger partial charge in [0, 0.05) is 25.7 Å². The van der Waals surface area contributed by atoms with Crippen LogP contribution in [0.4, 0.5) is 10.7 Å². The Hall–Kier alpha value is -1.72. The summed E-state index contributed by atoms with van der Waals surface area (Å²) < 4.78 is 0. The Morgan fingerprint density at radius 2 is 2.05 bits per heavy atom. The zero-order chi connectivity index (χ0) is 14.7. The van der Waals surface area contributed by atoms with Crippen LogP contribution in [0.15, 0.2) is 30.3 Å². The van der Waals surface area contributed by atoms with Crippen molar-refractivity contribution in [2.24, 2.45) is 0 Å². The molecule has 0 saturated heterocycles. The van der Waals surface area contributed by atoms with E-state index in [9.17, 15) is 4.79 Å². The summed E-state index contributed by atoms with van der Waals surface area (Å²) in [6.07, 6.45) is 0. The van der Waals surface area contributed by atoms with E-state index in [-0.39, 0.29) is 5.91 Å². The molecule has 1 amide bonds. The first-order valence-corrected chi connectivity index (χ1v) is 7.27. The number of benzene rings is 1. The Labute approximate surface area is 127 Å². The van der Waals surface area contributed by atoms with Gasteiger partial charge in [0.05, 0.1) is 10.7 Å². The average molecular weight is 310 g/mol. The topological polar surface area (TPSA) is 58.4 Å². The number of carbonyl (C=O) groups excluding carboxylic acids is 1. The summed E-state index contributed by atoms with van der Waals surface area (Å²) in [5.74, 6) is -0.154. The number of halogens is 1. The highest BCUT2D eigenvalue weighted by atomic mass is 35.5. The summed E-state index contributed by atoms with van der Waals surface area (Å²) in [5.41, 5.74) is 7.52. The molecular formula is C14H16ClN3OS. The molecule has 0 unspecified atom stereocenters. The second-order valence-electron chi connectivity index (χ2n) is 4.43. The molecule has 4 nitrogen and oxygen atoms in total. The third kappa shape index (κ3) is 3.23. The van der Waals surface area contributed by atoms with Gasteiger partial charge in [-0.3, -0.25) is 4.79 Å². The molecule has 1 heterocycles. The van der Waals surface area contributed by atoms with Crippen molar-refractivity contribution in [3.63, 3.8) is 0 Å². The van der Waals surface area contributed by atoms with Crippen molar-refractivity contribution in [1.82, 2.24) is 5.32 Å². The molecule has 1 aromatic heterocycles. The standard InChI is InChI=1S/C14H16ClN3OS/c1-17-14(19)13-11(16)7-12(20-13)18(2)8-9-3-5-10(15)6-4-9/h3-7H,8,16H2,1-2H3,(H,17,19). The minimum atomic E-state index is -0.154. The molecular weight excluding hydrogens is 294 g/mol. The number of carbonyl (C=O) groups is 1. The van der Waals surface area contributed by atoms with Crippen molar-refractivity contribution in [3.8, 4) is 0 Å². The van der Waals surface area contributed by atoms with Crippen molar-refractivity contribution in [3.05, 3.63) is 45.8 Å². The van der Waals surface area contributed by atoms with Gasteiger partial charge in [-0.2, -0.15) is 0 Å². The maximum atomic E-state index is 11.7. The van der Waals surface area contributed by atoms with Crippen molar-refractivity contribution in [2.45, 2.75) is 6.54 Å². The van der Waals surface area contributed by atoms with E-state index in [4.69, 9.17) is 17.3 Å². The summed E-state index contributed by atoms with van der Waals surface area (Å²) in [7, 11) is 3.56. The summed E-state index contributed by atoms with van der Waals surface area (Å²) in [6, 6.07) is 9.52. The molecule has 0 aliphatic rings. The Morgan fingerprint density at radius 1 is 1.40 bits per heavy atom. The van der Waals surface area contributed by atoms with E-state index in [1.165, 1.54) is 11.3 Å². The number of anilines is 2. The Kier molecular flexibility index (Phi) is 4.52. The zero-order valence-corrected chi connectivity index (χ0v) is 12.9. The van der Waals surface area contributed by atoms with E-state index in [1.807, 2.05) is 37.4 Å². The summed E-state index contributed by atoms with van der Waals surface area (Å²) >= 11 is 7.25. The SMILES string of the molecule is CNC(=O)c1sc(N(C)Cc2ccc(Cl)cc2)cc1N. The van der Waals surface area contributed by atoms with E-state index < -0.39 is 0 Å². The molecule has 0 saturated carbocycles. The van der Waals surface area contributed by atoms with Crippen LogP contribution < -0.4 is 16.0 Å². The fourth-order valence-electron chi connectivity index (χ4n) is 1.81.